The largest absolute Gasteiger partial charge is 0.272 e. The number of hydrogen-bond donors (Lipinski definition) is 0. The molecule has 0 spiro atoms. The molecule has 2 aliphatic carbocycles. The number of fused-ring (bicyclic) bond motifs is 1. The van der Waals surface area contributed by atoms with Crippen LogP contribution in [0.4, 0.5) is 0 Å². The Morgan fingerprint density at radius 1 is 0.864 bits per heavy atom. The lowest BCUT2D eigenvalue weighted by Gasteiger charge is -2.29. The van der Waals surface area contributed by atoms with Crippen molar-refractivity contribution in [1.29, 1.82) is 0 Å². The first-order valence-corrected chi connectivity index (χ1v) is 8.05. The van der Waals surface area contributed by atoms with Crippen LogP contribution in [0.2, 0.25) is 0 Å². The molecule has 0 atom stereocenters. The molecule has 0 aromatic heterocycles. The molecule has 3 nitrogen and oxygen atoms in total. The van der Waals surface area contributed by atoms with Gasteiger partial charge < -0.3 is 0 Å². The highest BCUT2D eigenvalue weighted by Gasteiger charge is 2.31. The second kappa shape index (κ2) is 6.73. The van der Waals surface area contributed by atoms with Gasteiger partial charge in [-0.15, -0.1) is 0 Å². The molecule has 0 unspecified atom stereocenters. The van der Waals surface area contributed by atoms with Gasteiger partial charge in [-0.1, -0.05) is 55.7 Å². The molecule has 1 saturated carbocycles. The number of benzene rings is 1. The highest BCUT2D eigenvalue weighted by molar-refractivity contribution is 6.13. The Kier molecular flexibility index (Phi) is 4.52. The number of carbonyl (C=O) groups is 2. The van der Waals surface area contributed by atoms with E-state index in [0.29, 0.717) is 0 Å². The predicted molar refractivity (Wildman–Crippen MR) is 87.0 cm³/mol. The number of hydrogen-bond acceptors (Lipinski definition) is 2. The standard InChI is InChI=1S/C10H13NO2.C9H8/c12-9-6-7-10(13)11(9)8-4-2-1-3-5-8;1-2-5-9-7-3-6-8(9)4-1/h6-8H,1-5H2;1-6H,7H2. The minimum Gasteiger partial charge on any atom is -0.272 e. The second-order valence-electron chi connectivity index (χ2n) is 5.98. The normalized spacial score (nSPS) is 20.1. The van der Waals surface area contributed by atoms with Crippen LogP contribution in [0.25, 0.3) is 6.08 Å². The third kappa shape index (κ3) is 3.19. The molecule has 1 aromatic carbocycles. The summed E-state index contributed by atoms with van der Waals surface area (Å²) in [7, 11) is 0. The van der Waals surface area contributed by atoms with Gasteiger partial charge in [0.25, 0.3) is 11.8 Å². The van der Waals surface area contributed by atoms with Crippen LogP contribution in [0.5, 0.6) is 0 Å². The number of carbonyl (C=O) groups excluding carboxylic acids is 2. The highest BCUT2D eigenvalue weighted by atomic mass is 16.2. The molecule has 1 aromatic rings. The fourth-order valence-corrected chi connectivity index (χ4v) is 3.31. The minimum atomic E-state index is -0.128. The van der Waals surface area contributed by atoms with Gasteiger partial charge in [-0.25, -0.2) is 0 Å². The zero-order valence-corrected chi connectivity index (χ0v) is 12.7. The molecule has 0 saturated heterocycles. The van der Waals surface area contributed by atoms with Crippen LogP contribution in [-0.2, 0) is 16.0 Å². The number of rotatable bonds is 1. The van der Waals surface area contributed by atoms with Crippen molar-refractivity contribution in [2.45, 2.75) is 44.6 Å². The summed E-state index contributed by atoms with van der Waals surface area (Å²) >= 11 is 0. The molecule has 4 rings (SSSR count). The molecule has 1 heterocycles. The average Bonchev–Trinajstić information content (AvgIpc) is 3.15. The van der Waals surface area contributed by atoms with Gasteiger partial charge in [0.1, 0.15) is 0 Å². The average molecular weight is 295 g/mol. The van der Waals surface area contributed by atoms with E-state index in [1.807, 2.05) is 0 Å². The van der Waals surface area contributed by atoms with Crippen molar-refractivity contribution in [3.05, 3.63) is 53.6 Å². The van der Waals surface area contributed by atoms with Gasteiger partial charge in [-0.2, -0.15) is 0 Å². The van der Waals surface area contributed by atoms with E-state index in [1.54, 1.807) is 0 Å². The molecule has 1 aliphatic heterocycles. The van der Waals surface area contributed by atoms with Gasteiger partial charge in [0.15, 0.2) is 0 Å². The van der Waals surface area contributed by atoms with Crippen molar-refractivity contribution in [2.24, 2.45) is 0 Å². The monoisotopic (exact) mass is 295 g/mol. The number of imide groups is 1. The van der Waals surface area contributed by atoms with Crippen LogP contribution in [0, 0.1) is 0 Å². The van der Waals surface area contributed by atoms with Crippen LogP contribution in [0.15, 0.2) is 42.5 Å². The Bertz CT molecular complexity index is 606. The first-order valence-electron chi connectivity index (χ1n) is 8.05. The summed E-state index contributed by atoms with van der Waals surface area (Å²) in [6, 6.07) is 8.66. The summed E-state index contributed by atoms with van der Waals surface area (Å²) in [5.41, 5.74) is 2.84. The van der Waals surface area contributed by atoms with Crippen LogP contribution < -0.4 is 0 Å². The topological polar surface area (TPSA) is 37.4 Å². The molecular weight excluding hydrogens is 274 g/mol. The molecule has 1 fully saturated rings. The van der Waals surface area contributed by atoms with E-state index in [0.717, 1.165) is 32.1 Å². The Balaban J connectivity index is 0.000000139. The first-order chi connectivity index (χ1) is 10.8. The fraction of sp³-hybridized carbons (Fsp3) is 0.368. The molecule has 0 radical (unpaired) electrons. The van der Waals surface area contributed by atoms with E-state index in [9.17, 15) is 9.59 Å². The third-order valence-corrected chi connectivity index (χ3v) is 4.47. The van der Waals surface area contributed by atoms with Gasteiger partial charge in [0.2, 0.25) is 0 Å². The van der Waals surface area contributed by atoms with Crippen molar-refractivity contribution in [3.8, 4) is 0 Å². The Morgan fingerprint density at radius 3 is 2.23 bits per heavy atom. The first kappa shape index (κ1) is 14.8. The molecular formula is C19H21NO2. The lowest BCUT2D eigenvalue weighted by Crippen LogP contribution is -2.41. The van der Waals surface area contributed by atoms with E-state index in [2.05, 4.69) is 36.4 Å². The quantitative estimate of drug-likeness (QED) is 0.744. The maximum Gasteiger partial charge on any atom is 0.253 e. The second-order valence-corrected chi connectivity index (χ2v) is 5.98. The summed E-state index contributed by atoms with van der Waals surface area (Å²) in [6.45, 7) is 0. The van der Waals surface area contributed by atoms with Crippen LogP contribution in [-0.4, -0.2) is 22.8 Å². The lowest BCUT2D eigenvalue weighted by molar-refractivity contribution is -0.140. The SMILES string of the molecule is C1=Cc2ccccc2C1.O=C1C=CC(=O)N1C1CCCCC1. The van der Waals surface area contributed by atoms with Crippen molar-refractivity contribution < 1.29 is 9.59 Å². The summed E-state index contributed by atoms with van der Waals surface area (Å²) in [5.74, 6) is -0.256. The molecule has 3 aliphatic rings. The lowest BCUT2D eigenvalue weighted by atomic mass is 9.94. The molecule has 2 amide bonds. The number of amides is 2. The number of allylic oxidation sites excluding steroid dienone is 1. The number of nitrogens with zero attached hydrogens (tertiary/aromatic N) is 1. The Hall–Kier alpha value is -2.16. The summed E-state index contributed by atoms with van der Waals surface area (Å²) in [5, 5.41) is 0. The molecule has 3 heteroatoms. The molecule has 114 valence electrons. The highest BCUT2D eigenvalue weighted by Crippen LogP contribution is 2.24. The zero-order valence-electron chi connectivity index (χ0n) is 12.7. The predicted octanol–water partition coefficient (Wildman–Crippen LogP) is 3.50. The van der Waals surface area contributed by atoms with E-state index in [4.69, 9.17) is 0 Å². The summed E-state index contributed by atoms with van der Waals surface area (Å²) in [4.78, 5) is 24.0. The summed E-state index contributed by atoms with van der Waals surface area (Å²) in [6.07, 6.45) is 13.7. The van der Waals surface area contributed by atoms with Crippen LogP contribution in [0.1, 0.15) is 43.2 Å². The van der Waals surface area contributed by atoms with Crippen molar-refractivity contribution >= 4 is 17.9 Å². The van der Waals surface area contributed by atoms with Gasteiger partial charge in [-0.05, 0) is 30.4 Å². The molecule has 0 N–H and O–H groups in total. The minimum absolute atomic E-state index is 0.128. The van der Waals surface area contributed by atoms with Crippen molar-refractivity contribution in [1.82, 2.24) is 4.90 Å². The van der Waals surface area contributed by atoms with E-state index in [1.165, 1.54) is 34.6 Å². The van der Waals surface area contributed by atoms with E-state index >= 15 is 0 Å². The van der Waals surface area contributed by atoms with E-state index < -0.39 is 0 Å². The van der Waals surface area contributed by atoms with Crippen LogP contribution >= 0.6 is 0 Å². The Morgan fingerprint density at radius 2 is 1.55 bits per heavy atom. The van der Waals surface area contributed by atoms with Crippen molar-refractivity contribution in [2.75, 3.05) is 0 Å². The van der Waals surface area contributed by atoms with Gasteiger partial charge in [-0.3, -0.25) is 14.5 Å². The Labute approximate surface area is 131 Å². The maximum atomic E-state index is 11.3. The molecule has 22 heavy (non-hydrogen) atoms. The maximum absolute atomic E-state index is 11.3. The van der Waals surface area contributed by atoms with Gasteiger partial charge in [0.05, 0.1) is 0 Å². The van der Waals surface area contributed by atoms with Crippen molar-refractivity contribution in [3.63, 3.8) is 0 Å². The van der Waals surface area contributed by atoms with Gasteiger partial charge in [0, 0.05) is 18.2 Å². The van der Waals surface area contributed by atoms with E-state index in [-0.39, 0.29) is 17.9 Å². The van der Waals surface area contributed by atoms with Crippen LogP contribution in [0.3, 0.4) is 0 Å². The zero-order chi connectivity index (χ0) is 15.4. The summed E-state index contributed by atoms with van der Waals surface area (Å²) < 4.78 is 0. The third-order valence-electron chi connectivity index (χ3n) is 4.47. The van der Waals surface area contributed by atoms with Gasteiger partial charge >= 0.3 is 0 Å². The fourth-order valence-electron chi connectivity index (χ4n) is 3.31. The smallest absolute Gasteiger partial charge is 0.253 e. The molecule has 0 bridgehead atoms.